The molecular weight excluding hydrogens is 278 g/mol. The van der Waals surface area contributed by atoms with Gasteiger partial charge in [-0.3, -0.25) is 19.4 Å². The third-order valence-corrected chi connectivity index (χ3v) is 2.74. The second-order valence-corrected chi connectivity index (χ2v) is 4.30. The van der Waals surface area contributed by atoms with Gasteiger partial charge in [0, 0.05) is 18.0 Å². The Morgan fingerprint density at radius 3 is 2.14 bits per heavy atom. The van der Waals surface area contributed by atoms with Gasteiger partial charge in [-0.1, -0.05) is 0 Å². The van der Waals surface area contributed by atoms with Gasteiger partial charge in [-0.15, -0.1) is 0 Å². The number of ketones is 1. The predicted molar refractivity (Wildman–Crippen MR) is 72.3 cm³/mol. The maximum Gasteiger partial charge on any atom is 0.252 e. The third kappa shape index (κ3) is 4.93. The molecule has 8 heteroatoms. The van der Waals surface area contributed by atoms with Crippen LogP contribution in [0.15, 0.2) is 24.5 Å². The molecule has 114 valence electrons. The zero-order valence-electron chi connectivity index (χ0n) is 11.4. The highest BCUT2D eigenvalue weighted by molar-refractivity contribution is 5.98. The van der Waals surface area contributed by atoms with E-state index in [4.69, 9.17) is 5.11 Å². The SMILES string of the molecule is CC(=O)[C@H](CO)NC(=O)[C@H](CO)NC(=O)c1ccncc1. The van der Waals surface area contributed by atoms with Crippen LogP contribution in [-0.2, 0) is 9.59 Å². The average molecular weight is 295 g/mol. The lowest BCUT2D eigenvalue weighted by atomic mass is 10.2. The van der Waals surface area contributed by atoms with E-state index in [-0.39, 0.29) is 5.56 Å². The van der Waals surface area contributed by atoms with E-state index in [1.807, 2.05) is 0 Å². The molecule has 0 saturated heterocycles. The Hall–Kier alpha value is -2.32. The number of rotatable bonds is 7. The molecule has 1 rings (SSSR count). The van der Waals surface area contributed by atoms with Gasteiger partial charge < -0.3 is 20.8 Å². The summed E-state index contributed by atoms with van der Waals surface area (Å²) < 4.78 is 0. The van der Waals surface area contributed by atoms with E-state index in [1.165, 1.54) is 31.5 Å². The van der Waals surface area contributed by atoms with Crippen molar-refractivity contribution in [3.05, 3.63) is 30.1 Å². The molecule has 2 atom stereocenters. The van der Waals surface area contributed by atoms with Crippen molar-refractivity contribution in [3.8, 4) is 0 Å². The van der Waals surface area contributed by atoms with E-state index in [0.717, 1.165) is 0 Å². The molecule has 0 radical (unpaired) electrons. The number of aliphatic hydroxyl groups excluding tert-OH is 2. The van der Waals surface area contributed by atoms with Gasteiger partial charge in [-0.05, 0) is 19.1 Å². The number of pyridine rings is 1. The number of amides is 2. The minimum absolute atomic E-state index is 0.279. The standard InChI is InChI=1S/C13H17N3O5/c1-8(19)10(6-17)15-13(21)11(7-18)16-12(20)9-2-4-14-5-3-9/h2-5,10-11,17-18H,6-7H2,1H3,(H,15,21)(H,16,20)/t10-,11-/m0/s1. The molecule has 0 spiro atoms. The minimum Gasteiger partial charge on any atom is -0.394 e. The number of aliphatic hydroxyl groups is 2. The molecule has 8 nitrogen and oxygen atoms in total. The Labute approximate surface area is 121 Å². The number of carbonyl (C=O) groups excluding carboxylic acids is 3. The van der Waals surface area contributed by atoms with Crippen LogP contribution >= 0.6 is 0 Å². The fraction of sp³-hybridized carbons (Fsp3) is 0.385. The zero-order chi connectivity index (χ0) is 15.8. The number of hydrogen-bond acceptors (Lipinski definition) is 6. The monoisotopic (exact) mass is 295 g/mol. The number of carbonyl (C=O) groups is 3. The molecule has 0 aliphatic heterocycles. The molecule has 2 amide bonds. The largest absolute Gasteiger partial charge is 0.394 e. The molecule has 21 heavy (non-hydrogen) atoms. The van der Waals surface area contributed by atoms with Crippen LogP contribution in [0.25, 0.3) is 0 Å². The summed E-state index contributed by atoms with van der Waals surface area (Å²) in [5.74, 6) is -1.74. The smallest absolute Gasteiger partial charge is 0.252 e. The van der Waals surface area contributed by atoms with Gasteiger partial charge in [0.05, 0.1) is 13.2 Å². The van der Waals surface area contributed by atoms with Crippen LogP contribution in [0.5, 0.6) is 0 Å². The Bertz CT molecular complexity index is 506. The highest BCUT2D eigenvalue weighted by atomic mass is 16.3. The van der Waals surface area contributed by atoms with Crippen molar-refractivity contribution < 1.29 is 24.6 Å². The van der Waals surface area contributed by atoms with Crippen molar-refractivity contribution >= 4 is 17.6 Å². The van der Waals surface area contributed by atoms with Crippen LogP contribution in [0.1, 0.15) is 17.3 Å². The van der Waals surface area contributed by atoms with Crippen molar-refractivity contribution in [2.24, 2.45) is 0 Å². The Morgan fingerprint density at radius 2 is 1.67 bits per heavy atom. The summed E-state index contributed by atoms with van der Waals surface area (Å²) in [4.78, 5) is 38.6. The summed E-state index contributed by atoms with van der Waals surface area (Å²) in [6, 6.07) is 0.616. The lowest BCUT2D eigenvalue weighted by Gasteiger charge is -2.19. The minimum atomic E-state index is -1.22. The van der Waals surface area contributed by atoms with E-state index < -0.39 is 42.9 Å². The first-order chi connectivity index (χ1) is 9.99. The van der Waals surface area contributed by atoms with Crippen molar-refractivity contribution in [3.63, 3.8) is 0 Å². The quantitative estimate of drug-likeness (QED) is 0.471. The topological polar surface area (TPSA) is 129 Å². The molecular formula is C13H17N3O5. The van der Waals surface area contributed by atoms with E-state index in [9.17, 15) is 19.5 Å². The molecule has 0 unspecified atom stereocenters. The van der Waals surface area contributed by atoms with Crippen LogP contribution in [0.3, 0.4) is 0 Å². The fourth-order valence-corrected chi connectivity index (χ4v) is 1.49. The summed E-state index contributed by atoms with van der Waals surface area (Å²) in [7, 11) is 0. The molecule has 1 heterocycles. The molecule has 0 aliphatic carbocycles. The third-order valence-electron chi connectivity index (χ3n) is 2.74. The van der Waals surface area contributed by atoms with Crippen molar-refractivity contribution in [2.75, 3.05) is 13.2 Å². The molecule has 0 bridgehead atoms. The molecule has 1 aromatic heterocycles. The summed E-state index contributed by atoms with van der Waals surface area (Å²) in [5.41, 5.74) is 0.279. The van der Waals surface area contributed by atoms with Crippen LogP contribution in [0.2, 0.25) is 0 Å². The van der Waals surface area contributed by atoms with E-state index in [2.05, 4.69) is 15.6 Å². The van der Waals surface area contributed by atoms with Gasteiger partial charge >= 0.3 is 0 Å². The maximum absolute atomic E-state index is 11.9. The summed E-state index contributed by atoms with van der Waals surface area (Å²) in [6.45, 7) is 0.0148. The summed E-state index contributed by atoms with van der Waals surface area (Å²) in [6.07, 6.45) is 2.83. The lowest BCUT2D eigenvalue weighted by Crippen LogP contribution is -2.53. The van der Waals surface area contributed by atoms with Gasteiger partial charge in [0.25, 0.3) is 5.91 Å². The van der Waals surface area contributed by atoms with Crippen molar-refractivity contribution in [2.45, 2.75) is 19.0 Å². The molecule has 0 aromatic carbocycles. The molecule has 0 fully saturated rings. The Kier molecular flexibility index (Phi) is 6.44. The first-order valence-electron chi connectivity index (χ1n) is 6.23. The second kappa shape index (κ2) is 8.08. The first kappa shape index (κ1) is 16.7. The molecule has 0 saturated carbocycles. The van der Waals surface area contributed by atoms with Crippen molar-refractivity contribution in [1.29, 1.82) is 0 Å². The first-order valence-corrected chi connectivity index (χ1v) is 6.23. The molecule has 4 N–H and O–H groups in total. The van der Waals surface area contributed by atoms with Gasteiger partial charge in [0.2, 0.25) is 5.91 Å². The zero-order valence-corrected chi connectivity index (χ0v) is 11.4. The molecule has 1 aromatic rings. The van der Waals surface area contributed by atoms with Crippen LogP contribution < -0.4 is 10.6 Å². The lowest BCUT2D eigenvalue weighted by molar-refractivity contribution is -0.129. The number of hydrogen-bond donors (Lipinski definition) is 4. The van der Waals surface area contributed by atoms with Gasteiger partial charge in [0.15, 0.2) is 5.78 Å². The Morgan fingerprint density at radius 1 is 1.10 bits per heavy atom. The number of Topliss-reactive ketones (excluding diaryl/α,β-unsaturated/α-hetero) is 1. The highest BCUT2D eigenvalue weighted by Crippen LogP contribution is 1.97. The van der Waals surface area contributed by atoms with Crippen LogP contribution in [0, 0.1) is 0 Å². The fourth-order valence-electron chi connectivity index (χ4n) is 1.49. The molecule has 0 aliphatic rings. The van der Waals surface area contributed by atoms with Crippen LogP contribution in [-0.4, -0.2) is 58.1 Å². The second-order valence-electron chi connectivity index (χ2n) is 4.30. The van der Waals surface area contributed by atoms with Crippen LogP contribution in [0.4, 0.5) is 0 Å². The number of aromatic nitrogens is 1. The van der Waals surface area contributed by atoms with E-state index in [0.29, 0.717) is 0 Å². The number of nitrogens with one attached hydrogen (secondary N) is 2. The average Bonchev–Trinajstić information content (AvgIpc) is 2.50. The van der Waals surface area contributed by atoms with E-state index >= 15 is 0 Å². The highest BCUT2D eigenvalue weighted by Gasteiger charge is 2.24. The van der Waals surface area contributed by atoms with E-state index in [1.54, 1.807) is 0 Å². The number of nitrogens with zero attached hydrogens (tertiary/aromatic N) is 1. The van der Waals surface area contributed by atoms with Crippen molar-refractivity contribution in [1.82, 2.24) is 15.6 Å². The van der Waals surface area contributed by atoms with Gasteiger partial charge in [-0.25, -0.2) is 0 Å². The normalized spacial score (nSPS) is 13.1. The van der Waals surface area contributed by atoms with Gasteiger partial charge in [0.1, 0.15) is 12.1 Å². The Balaban J connectivity index is 2.68. The maximum atomic E-state index is 11.9. The van der Waals surface area contributed by atoms with Gasteiger partial charge in [-0.2, -0.15) is 0 Å². The predicted octanol–water partition coefficient (Wildman–Crippen LogP) is -1.76. The summed E-state index contributed by atoms with van der Waals surface area (Å²) >= 11 is 0. The summed E-state index contributed by atoms with van der Waals surface area (Å²) in [5, 5.41) is 22.7.